The van der Waals surface area contributed by atoms with Gasteiger partial charge in [0.05, 0.1) is 24.9 Å². The van der Waals surface area contributed by atoms with Crippen LogP contribution in [0.3, 0.4) is 0 Å². The van der Waals surface area contributed by atoms with E-state index in [1.165, 1.54) is 28.0 Å². The first-order valence-electron chi connectivity index (χ1n) is 13.9. The number of amides is 2. The Hall–Kier alpha value is -3.37. The van der Waals surface area contributed by atoms with Crippen LogP contribution in [0, 0.1) is 5.41 Å². The van der Waals surface area contributed by atoms with Gasteiger partial charge >= 0.3 is 10.2 Å². The third-order valence-electron chi connectivity index (χ3n) is 8.11. The van der Waals surface area contributed by atoms with Crippen LogP contribution in [0.4, 0.5) is 0 Å². The number of fused-ring (bicyclic) bond motifs is 2. The molecule has 42 heavy (non-hydrogen) atoms. The molecule has 3 aliphatic rings. The van der Waals surface area contributed by atoms with E-state index in [0.717, 1.165) is 34.1 Å². The van der Waals surface area contributed by atoms with E-state index in [9.17, 15) is 18.0 Å². The van der Waals surface area contributed by atoms with Gasteiger partial charge in [-0.3, -0.25) is 15.0 Å². The number of nitrogens with one attached hydrogen (secondary N) is 1. The number of piperazine rings is 1. The van der Waals surface area contributed by atoms with Gasteiger partial charge in [-0.05, 0) is 13.1 Å². The van der Waals surface area contributed by atoms with Crippen LogP contribution >= 0.6 is 11.3 Å². The number of carbonyl (C=O) groups is 2. The summed E-state index contributed by atoms with van der Waals surface area (Å²) in [7, 11) is -1.97. The predicted octanol–water partition coefficient (Wildman–Crippen LogP) is 0.538. The normalized spacial score (nSPS) is 20.5. The number of rotatable bonds is 6. The number of morpholine rings is 1. The van der Waals surface area contributed by atoms with E-state index in [4.69, 9.17) is 15.9 Å². The Labute approximate surface area is 248 Å². The Morgan fingerprint density at radius 3 is 2.64 bits per heavy atom. The number of nitrogens with zero attached hydrogens (tertiary/aromatic N) is 6. The summed E-state index contributed by atoms with van der Waals surface area (Å²) in [6, 6.07) is 4.42. The molecule has 2 saturated heterocycles. The van der Waals surface area contributed by atoms with Crippen molar-refractivity contribution >= 4 is 50.0 Å². The number of ether oxygens (including phenoxy) is 1. The lowest BCUT2D eigenvalue weighted by Gasteiger charge is -2.41. The van der Waals surface area contributed by atoms with Gasteiger partial charge in [-0.1, -0.05) is 12.1 Å². The fraction of sp³-hybridized carbons (Fsp3) is 0.481. The zero-order valence-electron chi connectivity index (χ0n) is 23.4. The Morgan fingerprint density at radius 2 is 1.88 bits per heavy atom. The molecule has 3 aliphatic heterocycles. The summed E-state index contributed by atoms with van der Waals surface area (Å²) in [5.74, 6) is -0.504. The van der Waals surface area contributed by atoms with Crippen LogP contribution in [-0.2, 0) is 32.7 Å². The highest BCUT2D eigenvalue weighted by Crippen LogP contribution is 2.28. The van der Waals surface area contributed by atoms with Crippen molar-refractivity contribution in [1.82, 2.24) is 28.0 Å². The molecule has 1 unspecified atom stereocenters. The Morgan fingerprint density at radius 1 is 1.12 bits per heavy atom. The number of likely N-dealkylation sites (N-methyl/N-ethyl adjacent to an activating group) is 1. The smallest absolute Gasteiger partial charge is 0.307 e. The molecule has 2 fully saturated rings. The van der Waals surface area contributed by atoms with Gasteiger partial charge in [0.25, 0.3) is 5.91 Å². The van der Waals surface area contributed by atoms with E-state index in [1.54, 1.807) is 28.0 Å². The molecule has 1 atom stereocenters. The van der Waals surface area contributed by atoms with Crippen molar-refractivity contribution in [2.75, 3.05) is 59.5 Å². The first kappa shape index (κ1) is 28.7. The molecule has 5 heterocycles. The quantitative estimate of drug-likeness (QED) is 0.301. The molecule has 0 saturated carbocycles. The summed E-state index contributed by atoms with van der Waals surface area (Å²) in [6.45, 7) is 3.64. The number of hydrogen-bond acceptors (Lipinski definition) is 9. The fourth-order valence-electron chi connectivity index (χ4n) is 5.71. The van der Waals surface area contributed by atoms with Crippen LogP contribution in [-0.4, -0.2) is 120 Å². The number of carbonyl (C=O) groups excluding carboxylic acids is 2. The molecule has 2 amide bonds. The van der Waals surface area contributed by atoms with Crippen LogP contribution < -0.4 is 5.73 Å². The molecule has 3 aromatic rings. The highest BCUT2D eigenvalue weighted by Gasteiger charge is 2.39. The summed E-state index contributed by atoms with van der Waals surface area (Å²) in [5.41, 5.74) is 7.05. The molecular weight excluding hydrogens is 580 g/mol. The van der Waals surface area contributed by atoms with Gasteiger partial charge in [-0.15, -0.1) is 11.3 Å². The maximum absolute atomic E-state index is 13.8. The molecule has 13 nitrogen and oxygen atoms in total. The van der Waals surface area contributed by atoms with E-state index in [1.807, 2.05) is 7.05 Å². The van der Waals surface area contributed by atoms with Gasteiger partial charge in [0.15, 0.2) is 5.01 Å². The molecular formula is C27H34N8O5S2. The van der Waals surface area contributed by atoms with Crippen LogP contribution in [0.2, 0.25) is 0 Å². The summed E-state index contributed by atoms with van der Waals surface area (Å²) < 4.78 is 35.5. The van der Waals surface area contributed by atoms with Crippen LogP contribution in [0.5, 0.6) is 0 Å². The first-order valence-corrected chi connectivity index (χ1v) is 16.1. The maximum atomic E-state index is 13.8. The molecule has 3 N–H and O–H groups in total. The second kappa shape index (κ2) is 11.4. The zero-order chi connectivity index (χ0) is 29.6. The largest absolute Gasteiger partial charge is 0.384 e. The Balaban J connectivity index is 1.27. The van der Waals surface area contributed by atoms with Gasteiger partial charge in [0.1, 0.15) is 5.84 Å². The third-order valence-corrected chi connectivity index (χ3v) is 10.9. The van der Waals surface area contributed by atoms with Gasteiger partial charge in [0, 0.05) is 92.3 Å². The average molecular weight is 615 g/mol. The first-order chi connectivity index (χ1) is 20.1. The van der Waals surface area contributed by atoms with Crippen molar-refractivity contribution in [3.8, 4) is 0 Å². The minimum absolute atomic E-state index is 0.00120. The standard InChI is InChI=1S/C27H34N8O5S2/c1-31-5-4-22-23(17-31)41-26(30-22)27(37)35-7-6-33(16-21(35)13-24(36)32-8-10-40-11-9-32)42(38,39)34-14-19-3-2-18(25(28)29)12-20(19)15-34/h2-3,12,14-15,21H,4-11,13,16-17H2,1H3,(H3,28,29). The SMILES string of the molecule is CN1CCc2nc(C(=O)N3CCN(S(=O)(=O)n4cc5ccc(C(=N)N)cc5c4)CC3CC(=O)N3CCOCC3)sc2C1. The van der Waals surface area contributed by atoms with E-state index in [0.29, 0.717) is 47.6 Å². The van der Waals surface area contributed by atoms with Crippen LogP contribution in [0.1, 0.15) is 32.4 Å². The molecule has 0 bridgehead atoms. The molecule has 6 rings (SSSR count). The third kappa shape index (κ3) is 5.54. The molecule has 224 valence electrons. The number of nitrogens with two attached hydrogens (primary N) is 1. The second-order valence-electron chi connectivity index (χ2n) is 10.9. The van der Waals surface area contributed by atoms with Crippen molar-refractivity contribution in [3.63, 3.8) is 0 Å². The van der Waals surface area contributed by atoms with Crippen molar-refractivity contribution in [1.29, 1.82) is 5.41 Å². The molecule has 0 radical (unpaired) electrons. The van der Waals surface area contributed by atoms with E-state index < -0.39 is 16.3 Å². The second-order valence-corrected chi connectivity index (χ2v) is 13.9. The highest BCUT2D eigenvalue weighted by atomic mass is 32.2. The van der Waals surface area contributed by atoms with E-state index in [-0.39, 0.29) is 43.7 Å². The zero-order valence-corrected chi connectivity index (χ0v) is 25.0. The van der Waals surface area contributed by atoms with Gasteiger partial charge in [-0.25, -0.2) is 8.96 Å². The Bertz CT molecular complexity index is 1640. The number of amidine groups is 1. The van der Waals surface area contributed by atoms with E-state index in [2.05, 4.69) is 9.88 Å². The predicted molar refractivity (Wildman–Crippen MR) is 158 cm³/mol. The lowest BCUT2D eigenvalue weighted by Crippen LogP contribution is -2.58. The van der Waals surface area contributed by atoms with Crippen molar-refractivity contribution in [2.45, 2.75) is 25.4 Å². The maximum Gasteiger partial charge on any atom is 0.307 e. The van der Waals surface area contributed by atoms with E-state index >= 15 is 0 Å². The van der Waals surface area contributed by atoms with Crippen molar-refractivity contribution in [3.05, 3.63) is 51.7 Å². The molecule has 0 spiro atoms. The number of aromatic nitrogens is 2. The minimum Gasteiger partial charge on any atom is -0.384 e. The summed E-state index contributed by atoms with van der Waals surface area (Å²) in [6.07, 6.45) is 3.80. The molecule has 15 heteroatoms. The summed E-state index contributed by atoms with van der Waals surface area (Å²) >= 11 is 1.38. The number of benzene rings is 1. The molecule has 0 aliphatic carbocycles. The minimum atomic E-state index is -4.01. The fourth-order valence-corrected chi connectivity index (χ4v) is 8.29. The van der Waals surface area contributed by atoms with Gasteiger partial charge < -0.3 is 25.2 Å². The lowest BCUT2D eigenvalue weighted by atomic mass is 10.1. The highest BCUT2D eigenvalue weighted by molar-refractivity contribution is 7.87. The number of hydrogen-bond donors (Lipinski definition) is 2. The Kier molecular flexibility index (Phi) is 7.78. The molecule has 1 aromatic carbocycles. The van der Waals surface area contributed by atoms with Crippen molar-refractivity contribution < 1.29 is 22.7 Å². The van der Waals surface area contributed by atoms with Crippen LogP contribution in [0.15, 0.2) is 30.6 Å². The monoisotopic (exact) mass is 614 g/mol. The van der Waals surface area contributed by atoms with Gasteiger partial charge in [-0.2, -0.15) is 12.7 Å². The number of thiazole rings is 1. The van der Waals surface area contributed by atoms with Crippen LogP contribution in [0.25, 0.3) is 10.8 Å². The average Bonchev–Trinajstić information content (AvgIpc) is 3.61. The lowest BCUT2D eigenvalue weighted by molar-refractivity contribution is -0.136. The number of nitrogen functional groups attached to an aromatic ring is 1. The van der Waals surface area contributed by atoms with Crippen molar-refractivity contribution in [2.24, 2.45) is 5.73 Å². The topological polar surface area (TPSA) is 158 Å². The summed E-state index contributed by atoms with van der Waals surface area (Å²) in [4.78, 5) is 38.4. The summed E-state index contributed by atoms with van der Waals surface area (Å²) in [5, 5.41) is 9.39. The molecule has 2 aromatic heterocycles. The van der Waals surface area contributed by atoms with Gasteiger partial charge in [0.2, 0.25) is 5.91 Å².